The van der Waals surface area contributed by atoms with Gasteiger partial charge in [-0.05, 0) is 29.7 Å². The number of benzene rings is 2. The van der Waals surface area contributed by atoms with Gasteiger partial charge in [-0.15, -0.1) is 0 Å². The molecule has 0 unspecified atom stereocenters. The topological polar surface area (TPSA) is 29.3 Å². The zero-order valence-electron chi connectivity index (χ0n) is 10.8. The van der Waals surface area contributed by atoms with Crippen LogP contribution in [0.15, 0.2) is 42.5 Å². The van der Waals surface area contributed by atoms with Crippen LogP contribution in [-0.4, -0.2) is 6.54 Å². The van der Waals surface area contributed by atoms with Crippen LogP contribution in [-0.2, 0) is 19.5 Å². The summed E-state index contributed by atoms with van der Waals surface area (Å²) in [5.74, 6) is 0. The van der Waals surface area contributed by atoms with E-state index < -0.39 is 0 Å². The van der Waals surface area contributed by atoms with E-state index in [2.05, 4.69) is 35.2 Å². The maximum absolute atomic E-state index is 6.24. The minimum atomic E-state index is 0.479. The SMILES string of the molecule is NCc1c(Cl)cccc1N1CCc2ccccc2C1. The Bertz CT molecular complexity index is 595. The first-order valence-electron chi connectivity index (χ1n) is 6.59. The van der Waals surface area contributed by atoms with Gasteiger partial charge < -0.3 is 10.6 Å². The summed E-state index contributed by atoms with van der Waals surface area (Å²) in [5, 5.41) is 0.763. The van der Waals surface area contributed by atoms with E-state index in [0.717, 1.165) is 30.1 Å². The van der Waals surface area contributed by atoms with Crippen molar-refractivity contribution in [3.8, 4) is 0 Å². The number of rotatable bonds is 2. The Hall–Kier alpha value is -1.51. The van der Waals surface area contributed by atoms with Crippen LogP contribution in [0.4, 0.5) is 5.69 Å². The van der Waals surface area contributed by atoms with Crippen molar-refractivity contribution in [3.05, 3.63) is 64.2 Å². The number of hydrogen-bond acceptors (Lipinski definition) is 2. The third-order valence-electron chi connectivity index (χ3n) is 3.77. The Labute approximate surface area is 118 Å². The minimum absolute atomic E-state index is 0.479. The van der Waals surface area contributed by atoms with Crippen LogP contribution >= 0.6 is 11.6 Å². The lowest BCUT2D eigenvalue weighted by Crippen LogP contribution is -2.31. The van der Waals surface area contributed by atoms with Crippen molar-refractivity contribution in [1.29, 1.82) is 0 Å². The molecule has 2 aromatic carbocycles. The molecule has 0 radical (unpaired) electrons. The molecular weight excluding hydrogens is 256 g/mol. The molecule has 1 aliphatic heterocycles. The molecule has 0 atom stereocenters. The van der Waals surface area contributed by atoms with Crippen LogP contribution in [0.5, 0.6) is 0 Å². The zero-order valence-corrected chi connectivity index (χ0v) is 11.5. The molecule has 1 aliphatic rings. The molecule has 0 saturated carbocycles. The highest BCUT2D eigenvalue weighted by Gasteiger charge is 2.18. The molecule has 98 valence electrons. The van der Waals surface area contributed by atoms with Crippen LogP contribution in [0.25, 0.3) is 0 Å². The van der Waals surface area contributed by atoms with Gasteiger partial charge in [0.1, 0.15) is 0 Å². The Kier molecular flexibility index (Phi) is 3.45. The van der Waals surface area contributed by atoms with Gasteiger partial charge in [0, 0.05) is 35.9 Å². The van der Waals surface area contributed by atoms with Gasteiger partial charge in [0.05, 0.1) is 0 Å². The standard InChI is InChI=1S/C16H17ClN2/c17-15-6-3-7-16(14(15)10-18)19-9-8-12-4-1-2-5-13(12)11-19/h1-7H,8-11,18H2. The Morgan fingerprint density at radius 3 is 2.63 bits per heavy atom. The van der Waals surface area contributed by atoms with Gasteiger partial charge in [-0.2, -0.15) is 0 Å². The maximum Gasteiger partial charge on any atom is 0.0471 e. The largest absolute Gasteiger partial charge is 0.367 e. The summed E-state index contributed by atoms with van der Waals surface area (Å²) in [6.07, 6.45) is 1.08. The third kappa shape index (κ3) is 2.34. The molecule has 0 amide bonds. The smallest absolute Gasteiger partial charge is 0.0471 e. The quantitative estimate of drug-likeness (QED) is 0.908. The van der Waals surface area contributed by atoms with Crippen LogP contribution < -0.4 is 10.6 Å². The lowest BCUT2D eigenvalue weighted by molar-refractivity contribution is 0.727. The molecule has 0 spiro atoms. The summed E-state index contributed by atoms with van der Waals surface area (Å²) in [4.78, 5) is 2.37. The number of nitrogens with two attached hydrogens (primary N) is 1. The first-order valence-corrected chi connectivity index (χ1v) is 6.96. The van der Waals surface area contributed by atoms with E-state index in [1.54, 1.807) is 0 Å². The first kappa shape index (κ1) is 12.5. The molecule has 2 aromatic rings. The van der Waals surface area contributed by atoms with Gasteiger partial charge in [0.15, 0.2) is 0 Å². The molecular formula is C16H17ClN2. The molecule has 0 bridgehead atoms. The van der Waals surface area contributed by atoms with Gasteiger partial charge in [0.2, 0.25) is 0 Å². The van der Waals surface area contributed by atoms with E-state index in [1.807, 2.05) is 12.1 Å². The average Bonchev–Trinajstić information content (AvgIpc) is 2.46. The van der Waals surface area contributed by atoms with Gasteiger partial charge in [0.25, 0.3) is 0 Å². The van der Waals surface area contributed by atoms with Gasteiger partial charge in [-0.25, -0.2) is 0 Å². The predicted octanol–water partition coefficient (Wildman–Crippen LogP) is 3.36. The number of hydrogen-bond donors (Lipinski definition) is 1. The summed E-state index contributed by atoms with van der Waals surface area (Å²) >= 11 is 6.24. The van der Waals surface area contributed by atoms with Gasteiger partial charge >= 0.3 is 0 Å². The Morgan fingerprint density at radius 2 is 1.84 bits per heavy atom. The second kappa shape index (κ2) is 5.24. The van der Waals surface area contributed by atoms with Crippen molar-refractivity contribution in [1.82, 2.24) is 0 Å². The molecule has 0 aromatic heterocycles. The maximum atomic E-state index is 6.24. The fraction of sp³-hybridized carbons (Fsp3) is 0.250. The van der Waals surface area contributed by atoms with E-state index >= 15 is 0 Å². The van der Waals surface area contributed by atoms with E-state index in [9.17, 15) is 0 Å². The molecule has 1 heterocycles. The van der Waals surface area contributed by atoms with E-state index in [1.165, 1.54) is 16.8 Å². The third-order valence-corrected chi connectivity index (χ3v) is 4.12. The van der Waals surface area contributed by atoms with Crippen molar-refractivity contribution in [2.45, 2.75) is 19.5 Å². The summed E-state index contributed by atoms with van der Waals surface area (Å²) < 4.78 is 0. The van der Waals surface area contributed by atoms with E-state index in [0.29, 0.717) is 6.54 Å². The zero-order chi connectivity index (χ0) is 13.2. The molecule has 2 nitrogen and oxygen atoms in total. The summed E-state index contributed by atoms with van der Waals surface area (Å²) in [5.41, 5.74) is 10.9. The lowest BCUT2D eigenvalue weighted by atomic mass is 9.98. The molecule has 0 saturated heterocycles. The van der Waals surface area contributed by atoms with Crippen LogP contribution in [0.2, 0.25) is 5.02 Å². The number of anilines is 1. The lowest BCUT2D eigenvalue weighted by Gasteiger charge is -2.32. The summed E-state index contributed by atoms with van der Waals surface area (Å²) in [6.45, 7) is 2.43. The van der Waals surface area contributed by atoms with E-state index in [4.69, 9.17) is 17.3 Å². The van der Waals surface area contributed by atoms with Crippen molar-refractivity contribution in [2.75, 3.05) is 11.4 Å². The second-order valence-electron chi connectivity index (χ2n) is 4.88. The van der Waals surface area contributed by atoms with Crippen LogP contribution in [0.3, 0.4) is 0 Å². The molecule has 0 aliphatic carbocycles. The minimum Gasteiger partial charge on any atom is -0.367 e. The predicted molar refractivity (Wildman–Crippen MR) is 80.5 cm³/mol. The molecule has 19 heavy (non-hydrogen) atoms. The molecule has 3 rings (SSSR count). The van der Waals surface area contributed by atoms with Crippen molar-refractivity contribution < 1.29 is 0 Å². The normalized spacial score (nSPS) is 14.3. The molecule has 2 N–H and O–H groups in total. The first-order chi connectivity index (χ1) is 9.29. The monoisotopic (exact) mass is 272 g/mol. The highest BCUT2D eigenvalue weighted by atomic mass is 35.5. The molecule has 3 heteroatoms. The van der Waals surface area contributed by atoms with Crippen molar-refractivity contribution in [3.63, 3.8) is 0 Å². The average molecular weight is 273 g/mol. The number of nitrogens with zero attached hydrogens (tertiary/aromatic N) is 1. The number of halogens is 1. The van der Waals surface area contributed by atoms with Gasteiger partial charge in [-0.3, -0.25) is 0 Å². The fourth-order valence-corrected chi connectivity index (χ4v) is 2.99. The summed E-state index contributed by atoms with van der Waals surface area (Å²) in [6, 6.07) is 14.6. The summed E-state index contributed by atoms with van der Waals surface area (Å²) in [7, 11) is 0. The second-order valence-corrected chi connectivity index (χ2v) is 5.29. The van der Waals surface area contributed by atoms with Crippen molar-refractivity contribution in [2.24, 2.45) is 5.73 Å². The van der Waals surface area contributed by atoms with Crippen LogP contribution in [0.1, 0.15) is 16.7 Å². The van der Waals surface area contributed by atoms with Gasteiger partial charge in [-0.1, -0.05) is 41.9 Å². The number of fused-ring (bicyclic) bond motifs is 1. The Morgan fingerprint density at radius 1 is 1.05 bits per heavy atom. The highest BCUT2D eigenvalue weighted by molar-refractivity contribution is 6.31. The van der Waals surface area contributed by atoms with Crippen LogP contribution in [0, 0.1) is 0 Å². The fourth-order valence-electron chi connectivity index (χ4n) is 2.75. The highest BCUT2D eigenvalue weighted by Crippen LogP contribution is 2.30. The van der Waals surface area contributed by atoms with E-state index in [-0.39, 0.29) is 0 Å². The molecule has 0 fully saturated rings. The van der Waals surface area contributed by atoms with Crippen molar-refractivity contribution >= 4 is 17.3 Å². The Balaban J connectivity index is 1.95.